The molecule has 12 nitrogen and oxygen atoms in total. The van der Waals surface area contributed by atoms with Crippen molar-refractivity contribution < 1.29 is 46.9 Å². The highest BCUT2D eigenvalue weighted by atomic mass is 16.4. The van der Waals surface area contributed by atoms with Gasteiger partial charge in [0.1, 0.15) is 28.2 Å². The van der Waals surface area contributed by atoms with Crippen molar-refractivity contribution in [1.29, 1.82) is 0 Å². The number of benzene rings is 4. The number of furan rings is 4. The summed E-state index contributed by atoms with van der Waals surface area (Å²) in [7, 11) is 7.93. The molecule has 112 heavy (non-hydrogen) atoms. The zero-order valence-corrected chi connectivity index (χ0v) is 70.2. The maximum atomic E-state index is 8.60. The predicted molar refractivity (Wildman–Crippen MR) is 463 cm³/mol. The zero-order valence-electron chi connectivity index (χ0n) is 78.2. The smallest absolute Gasteiger partial charge is 0.227 e. The summed E-state index contributed by atoms with van der Waals surface area (Å²) in [6.45, 7) is 36.8. The molecule has 16 rings (SSSR count). The molecule has 0 saturated carbocycles. The van der Waals surface area contributed by atoms with Crippen LogP contribution in [0.5, 0.6) is 0 Å². The van der Waals surface area contributed by atoms with Crippen LogP contribution in [0.3, 0.4) is 0 Å². The van der Waals surface area contributed by atoms with Crippen molar-refractivity contribution in [2.75, 3.05) is 0 Å². The van der Waals surface area contributed by atoms with E-state index in [1.54, 1.807) is 40.1 Å². The molecule has 0 radical (unpaired) electrons. The summed E-state index contributed by atoms with van der Waals surface area (Å²) < 4.78 is 98.4. The number of aromatic nitrogens is 8. The second-order valence-electron chi connectivity index (χ2n) is 32.8. The summed E-state index contributed by atoms with van der Waals surface area (Å²) in [5.74, 6) is -0.190. The number of fused-ring (bicyclic) bond motifs is 12. The fourth-order valence-electron chi connectivity index (χ4n) is 15.7. The Morgan fingerprint density at radius 1 is 0.330 bits per heavy atom. The maximum Gasteiger partial charge on any atom is 0.227 e. The van der Waals surface area contributed by atoms with E-state index in [-0.39, 0.29) is 11.1 Å². The van der Waals surface area contributed by atoms with E-state index in [4.69, 9.17) is 43.6 Å². The predicted octanol–water partition coefficient (Wildman–Crippen LogP) is 24.4. The zero-order chi connectivity index (χ0) is 87.2. The molecule has 0 saturated heterocycles. The highest BCUT2D eigenvalue weighted by Gasteiger charge is 2.29. The third-order valence-corrected chi connectivity index (χ3v) is 22.0. The molecule has 0 bridgehead atoms. The third-order valence-electron chi connectivity index (χ3n) is 22.0. The lowest BCUT2D eigenvalue weighted by atomic mass is 9.94. The molecule has 16 aromatic rings. The van der Waals surface area contributed by atoms with Gasteiger partial charge in [-0.1, -0.05) is 145 Å². The third kappa shape index (κ3) is 15.4. The molecule has 12 heterocycles. The molecule has 12 heteroatoms. The van der Waals surface area contributed by atoms with E-state index in [0.29, 0.717) is 46.2 Å². The Labute approximate surface area is 673 Å². The molecule has 576 valence electrons. The Balaban J connectivity index is 0.000000138. The van der Waals surface area contributed by atoms with Crippen LogP contribution in [0.15, 0.2) is 164 Å². The summed E-state index contributed by atoms with van der Waals surface area (Å²) in [4.78, 5) is 18.9. The van der Waals surface area contributed by atoms with E-state index in [9.17, 15) is 0 Å². The Hall–Kier alpha value is -10.7. The molecule has 0 aliphatic rings. The van der Waals surface area contributed by atoms with Gasteiger partial charge in [0.25, 0.3) is 0 Å². The molecule has 0 amide bonds. The van der Waals surface area contributed by atoms with Crippen LogP contribution in [0.25, 0.3) is 133 Å². The van der Waals surface area contributed by atoms with Gasteiger partial charge in [-0.25, -0.2) is 38.2 Å². The molecular weight excluding hydrogens is 1380 g/mol. The van der Waals surface area contributed by atoms with Gasteiger partial charge in [0, 0.05) is 123 Å². The molecule has 0 spiro atoms. The van der Waals surface area contributed by atoms with Crippen LogP contribution in [0, 0.1) is 67.1 Å². The summed E-state index contributed by atoms with van der Waals surface area (Å²) >= 11 is 0. The van der Waals surface area contributed by atoms with Gasteiger partial charge >= 0.3 is 0 Å². The molecule has 0 fully saturated rings. The summed E-state index contributed by atoms with van der Waals surface area (Å²) in [5.41, 5.74) is 29.4. The number of hydrogen-bond donors (Lipinski definition) is 0. The molecule has 0 aliphatic heterocycles. The molecule has 0 aliphatic carbocycles. The van der Waals surface area contributed by atoms with Crippen LogP contribution in [0.1, 0.15) is 221 Å². The molecule has 0 atom stereocenters. The number of rotatable bonds is 14. The Morgan fingerprint density at radius 3 is 0.884 bits per heavy atom. The van der Waals surface area contributed by atoms with E-state index < -0.39 is 25.5 Å². The van der Waals surface area contributed by atoms with E-state index in [1.807, 2.05) is 91.7 Å². The Bertz CT molecular complexity index is 6660. The average molecular weight is 1500 g/mol. The van der Waals surface area contributed by atoms with Crippen LogP contribution >= 0.6 is 0 Å². The van der Waals surface area contributed by atoms with Gasteiger partial charge in [0.05, 0.1) is 22.3 Å². The minimum absolute atomic E-state index is 0.196. The van der Waals surface area contributed by atoms with E-state index in [1.165, 1.54) is 44.8 Å². The normalized spacial score (nSPS) is 13.4. The Kier molecular flexibility index (Phi) is 19.9. The van der Waals surface area contributed by atoms with Crippen LogP contribution < -0.4 is 18.3 Å². The van der Waals surface area contributed by atoms with Crippen molar-refractivity contribution >= 4 is 88.3 Å². The molecule has 0 N–H and O–H groups in total. The fourth-order valence-corrected chi connectivity index (χ4v) is 15.7. The van der Waals surface area contributed by atoms with Crippen molar-refractivity contribution in [3.05, 3.63) is 236 Å². The highest BCUT2D eigenvalue weighted by molar-refractivity contribution is 6.12. The molecule has 12 aromatic heterocycles. The second kappa shape index (κ2) is 32.2. The number of pyridine rings is 8. The van der Waals surface area contributed by atoms with Gasteiger partial charge in [0.2, 0.25) is 45.6 Å². The lowest BCUT2D eigenvalue weighted by molar-refractivity contribution is -0.661. The number of hydrogen-bond acceptors (Lipinski definition) is 8. The van der Waals surface area contributed by atoms with Crippen LogP contribution in [-0.2, 0) is 53.9 Å². The summed E-state index contributed by atoms with van der Waals surface area (Å²) in [6.07, 6.45) is 11.7. The van der Waals surface area contributed by atoms with Gasteiger partial charge in [-0.15, -0.1) is 0 Å². The first-order chi connectivity index (χ1) is 56.3. The first kappa shape index (κ1) is 69.2. The van der Waals surface area contributed by atoms with E-state index >= 15 is 0 Å². The molecule has 0 unspecified atom stereocenters. The fraction of sp³-hybridized carbons (Fsp3) is 0.360. The lowest BCUT2D eigenvalue weighted by Crippen LogP contribution is -2.32. The van der Waals surface area contributed by atoms with Crippen molar-refractivity contribution in [2.45, 2.75) is 201 Å². The van der Waals surface area contributed by atoms with Crippen molar-refractivity contribution in [3.63, 3.8) is 0 Å². The summed E-state index contributed by atoms with van der Waals surface area (Å²) in [5, 5.41) is 8.28. The van der Waals surface area contributed by atoms with Gasteiger partial charge in [-0.3, -0.25) is 0 Å². The molecular formula is C100H116N8O4+4. The molecule has 4 aromatic carbocycles. The maximum absolute atomic E-state index is 8.60. The topological polar surface area (TPSA) is 120 Å². The average Bonchev–Trinajstić information content (AvgIpc) is 1.58. The van der Waals surface area contributed by atoms with E-state index in [2.05, 4.69) is 204 Å². The van der Waals surface area contributed by atoms with E-state index in [0.717, 1.165) is 170 Å². The van der Waals surface area contributed by atoms with Crippen LogP contribution in [0.2, 0.25) is 0 Å². The minimum atomic E-state index is -2.30. The van der Waals surface area contributed by atoms with Gasteiger partial charge in [-0.2, -0.15) is 0 Å². The van der Waals surface area contributed by atoms with Crippen molar-refractivity contribution in [3.8, 4) is 45.0 Å². The van der Waals surface area contributed by atoms with Gasteiger partial charge in [0.15, 0.2) is 47.1 Å². The monoisotopic (exact) mass is 1500 g/mol. The summed E-state index contributed by atoms with van der Waals surface area (Å²) in [6, 6.07) is 41.8. The largest absolute Gasteiger partial charge is 0.437 e. The second-order valence-corrected chi connectivity index (χ2v) is 32.8. The Morgan fingerprint density at radius 2 is 0.607 bits per heavy atom. The van der Waals surface area contributed by atoms with Crippen molar-refractivity contribution in [1.82, 2.24) is 19.9 Å². The van der Waals surface area contributed by atoms with Crippen LogP contribution in [-0.4, -0.2) is 19.9 Å². The SMILES string of the molecule is CCc1ccc2c(n1)oc1c(-c3cc(C)c(CC(C)C)c[n+]3C)c(C)ccc12.Cc1cc(-c2c(C)ccc3c2oc2nc(C(C)C)ccc23)[n+](C)cc1CC(C)C.[2H]C([2H])([2H])c1c[n+](C)c(-c2c(C)ccc3c2oc2nc(C(C)C)ccc23)cc1C([2H])(C)C.[2H]C([2H])([2H])c1c[n+](C)c(-c2c(C)ccc3c2oc2nc(CC)ccc23)cc1C([2H])(C)C. The number of nitrogens with zero attached hydrogens (tertiary/aromatic N) is 8. The van der Waals surface area contributed by atoms with Crippen LogP contribution in [0.4, 0.5) is 0 Å². The van der Waals surface area contributed by atoms with Gasteiger partial charge < -0.3 is 17.7 Å². The lowest BCUT2D eigenvalue weighted by Gasteiger charge is -2.12. The van der Waals surface area contributed by atoms with Crippen molar-refractivity contribution in [2.24, 2.45) is 40.0 Å². The number of aryl methyl sites for hydroxylation is 14. The first-order valence-electron chi connectivity index (χ1n) is 43.7. The quantitative estimate of drug-likeness (QED) is 0.0988. The minimum Gasteiger partial charge on any atom is -0.437 e. The standard InChI is InChI=1S/C26H31N2O.2C25H29N2O.C24H27N2O/c1-15(2)12-19-14-28(7)23(13-18(19)6)24-17(5)8-9-20-21-10-11-22(16(3)4)27-26(21)29-25(20)24;1-14(2)20-12-22(27(7)13-17(20)6)23-16(5)8-9-18-19-10-11-21(15(3)4)26-25(19)28-24(18)23;1-7-19-9-11-21-20-10-8-16(4)23(24(20)28-25(21)26-19)22-13-17(5)18(12-15(2)3)14-27(22)6;1-7-17-9-11-19-18-10-8-15(4)22(23(18)27-24(19)25-17)21-12-20(14(2)3)16(5)13-26(21)6/h8-11,13-16H,12H2,1-7H3;8-15H,1-7H3;8-11,13-15H,7,12H2,1-6H3;8-14H,7H2,1-6H3/q4*+1/i;6D3,14D;;5D3,14D. The highest BCUT2D eigenvalue weighted by Crippen LogP contribution is 2.43. The van der Waals surface area contributed by atoms with Gasteiger partial charge in [-0.05, 0) is 209 Å². The first-order valence-corrected chi connectivity index (χ1v) is 39.7.